The van der Waals surface area contributed by atoms with Gasteiger partial charge in [0.05, 0.1) is 6.61 Å². The van der Waals surface area contributed by atoms with Crippen molar-refractivity contribution >= 4 is 22.4 Å². The Morgan fingerprint density at radius 3 is 2.27 bits per heavy atom. The Kier molecular flexibility index (Phi) is 11.4. The Labute approximate surface area is 71.0 Å². The molecule has 1 unspecified atom stereocenters. The minimum atomic E-state index is -1.46. The first-order chi connectivity index (χ1) is 5.16. The third-order valence-electron chi connectivity index (χ3n) is 0.610. The Bertz CT molecular complexity index is 107. The van der Waals surface area contributed by atoms with Crippen molar-refractivity contribution in [1.82, 2.24) is 0 Å². The van der Waals surface area contributed by atoms with Crippen LogP contribution in [0.15, 0.2) is 0 Å². The van der Waals surface area contributed by atoms with Crippen LogP contribution >= 0.6 is 0 Å². The molecule has 0 aliphatic heterocycles. The van der Waals surface area contributed by atoms with E-state index in [1.165, 1.54) is 0 Å². The Balaban J connectivity index is 0. The average Bonchev–Trinajstić information content (AvgIpc) is 2.04. The first-order valence-electron chi connectivity index (χ1n) is 2.60. The van der Waals surface area contributed by atoms with Gasteiger partial charge >= 0.3 is 26.2 Å². The van der Waals surface area contributed by atoms with Gasteiger partial charge in [-0.25, -0.2) is 4.79 Å². The quantitative estimate of drug-likeness (QED) is 0.352. The predicted octanol–water partition coefficient (Wildman–Crippen LogP) is -1.73. The van der Waals surface area contributed by atoms with Crippen LogP contribution in [0.3, 0.4) is 0 Å². The second kappa shape index (κ2) is 9.52. The summed E-state index contributed by atoms with van der Waals surface area (Å²) in [4.78, 5) is 9.60. The molecule has 6 nitrogen and oxygen atoms in total. The molecule has 0 aromatic carbocycles. The average molecular weight is 180 g/mol. The number of aliphatic hydroxyl groups is 2. The predicted molar refractivity (Wildman–Crippen MR) is 34.9 cm³/mol. The Morgan fingerprint density at radius 2 is 2.00 bits per heavy atom. The number of hydrogen-bond donors (Lipinski definition) is 3. The SMILES string of the molecule is O=C(O)OCC(O)CO.[O]=[AlH]. The van der Waals surface area contributed by atoms with Gasteiger partial charge in [0.1, 0.15) is 12.7 Å². The molecule has 0 fully saturated rings. The fourth-order valence-electron chi connectivity index (χ4n) is 0.220. The molecule has 0 rings (SSSR count). The monoisotopic (exact) mass is 180 g/mol. The molecule has 3 N–H and O–H groups in total. The third kappa shape index (κ3) is 12.7. The van der Waals surface area contributed by atoms with Gasteiger partial charge < -0.3 is 20.1 Å². The molecule has 0 radical (unpaired) electrons. The van der Waals surface area contributed by atoms with Crippen molar-refractivity contribution in [3.8, 4) is 0 Å². The van der Waals surface area contributed by atoms with E-state index in [4.69, 9.17) is 19.1 Å². The molecule has 0 aromatic rings. The first kappa shape index (κ1) is 13.1. The van der Waals surface area contributed by atoms with E-state index in [0.717, 1.165) is 0 Å². The van der Waals surface area contributed by atoms with Crippen LogP contribution in [0.1, 0.15) is 0 Å². The molecule has 7 heteroatoms. The summed E-state index contributed by atoms with van der Waals surface area (Å²) in [5.41, 5.74) is 0. The van der Waals surface area contributed by atoms with Crippen molar-refractivity contribution in [2.24, 2.45) is 0 Å². The van der Waals surface area contributed by atoms with Crippen LogP contribution in [-0.4, -0.2) is 57.0 Å². The van der Waals surface area contributed by atoms with E-state index in [1.54, 1.807) is 0 Å². The molecule has 0 aliphatic rings. The van der Waals surface area contributed by atoms with Crippen molar-refractivity contribution in [2.75, 3.05) is 13.2 Å². The van der Waals surface area contributed by atoms with Gasteiger partial charge in [-0.05, 0) is 0 Å². The molecule has 0 saturated carbocycles. The van der Waals surface area contributed by atoms with Gasteiger partial charge in [-0.2, -0.15) is 0 Å². The molecule has 0 heterocycles. The van der Waals surface area contributed by atoms with Gasteiger partial charge in [0.2, 0.25) is 0 Å². The molecular formula is C4H9AlO6. The molecular weight excluding hydrogens is 171 g/mol. The van der Waals surface area contributed by atoms with E-state index in [-0.39, 0.29) is 6.61 Å². The number of carboxylic acid groups (broad SMARTS) is 1. The van der Waals surface area contributed by atoms with Gasteiger partial charge in [-0.1, -0.05) is 0 Å². The molecule has 11 heavy (non-hydrogen) atoms. The van der Waals surface area contributed by atoms with Crippen molar-refractivity contribution in [3.63, 3.8) is 0 Å². The fraction of sp³-hybridized carbons (Fsp3) is 0.750. The van der Waals surface area contributed by atoms with E-state index >= 15 is 0 Å². The van der Waals surface area contributed by atoms with Gasteiger partial charge in [-0.3, -0.25) is 0 Å². The van der Waals surface area contributed by atoms with Gasteiger partial charge in [0, 0.05) is 0 Å². The van der Waals surface area contributed by atoms with Crippen molar-refractivity contribution in [3.05, 3.63) is 0 Å². The number of hydrogen-bond acceptors (Lipinski definition) is 5. The van der Waals surface area contributed by atoms with E-state index in [9.17, 15) is 4.79 Å². The second-order valence-electron chi connectivity index (χ2n) is 1.41. The van der Waals surface area contributed by atoms with Crippen LogP contribution in [-0.2, 0) is 8.54 Å². The summed E-state index contributed by atoms with van der Waals surface area (Å²) in [6.45, 7) is -0.876. The molecule has 1 atom stereocenters. The zero-order valence-electron chi connectivity index (χ0n) is 5.77. The van der Waals surface area contributed by atoms with E-state index in [2.05, 4.69) is 4.74 Å². The molecule has 0 bridgehead atoms. The number of rotatable bonds is 3. The molecule has 0 aliphatic carbocycles. The van der Waals surface area contributed by atoms with Crippen LogP contribution in [0.4, 0.5) is 4.79 Å². The van der Waals surface area contributed by atoms with Crippen molar-refractivity contribution in [1.29, 1.82) is 0 Å². The van der Waals surface area contributed by atoms with Crippen molar-refractivity contribution in [2.45, 2.75) is 6.10 Å². The summed E-state index contributed by atoms with van der Waals surface area (Å²) in [6.07, 6.45) is -2.57. The van der Waals surface area contributed by atoms with Crippen LogP contribution in [0.5, 0.6) is 0 Å². The number of carbonyl (C=O) groups is 1. The zero-order chi connectivity index (χ0) is 9.28. The van der Waals surface area contributed by atoms with Gasteiger partial charge in [-0.15, -0.1) is 0 Å². The van der Waals surface area contributed by atoms with Crippen LogP contribution in [0, 0.1) is 0 Å². The summed E-state index contributed by atoms with van der Waals surface area (Å²) < 4.78 is 12.2. The van der Waals surface area contributed by atoms with Crippen molar-refractivity contribution < 1.29 is 28.7 Å². The third-order valence-corrected chi connectivity index (χ3v) is 0.610. The van der Waals surface area contributed by atoms with E-state index < -0.39 is 18.9 Å². The van der Waals surface area contributed by atoms with Gasteiger partial charge in [0.25, 0.3) is 0 Å². The van der Waals surface area contributed by atoms with Crippen LogP contribution in [0.25, 0.3) is 0 Å². The minimum absolute atomic E-state index is 0.383. The molecule has 0 spiro atoms. The van der Waals surface area contributed by atoms with E-state index in [1.807, 2.05) is 0 Å². The second-order valence-corrected chi connectivity index (χ2v) is 1.41. The number of ether oxygens (including phenoxy) is 1. The Hall–Kier alpha value is -0.478. The first-order valence-corrected chi connectivity index (χ1v) is 3.18. The van der Waals surface area contributed by atoms with E-state index in [0.29, 0.717) is 16.2 Å². The standard InChI is InChI=1S/C4H8O5.Al.O.H/c5-1-3(6)2-9-4(7)8;;;/h3,5-6H,1-2H2,(H,7,8);;;. The molecule has 0 aromatic heterocycles. The zero-order valence-corrected chi connectivity index (χ0v) is 7.18. The molecule has 64 valence electrons. The Morgan fingerprint density at radius 1 is 1.55 bits per heavy atom. The molecule has 0 saturated heterocycles. The summed E-state index contributed by atoms with van der Waals surface area (Å²) in [6, 6.07) is 0. The van der Waals surface area contributed by atoms with Crippen LogP contribution in [0.2, 0.25) is 0 Å². The fourth-order valence-corrected chi connectivity index (χ4v) is 0.220. The molecule has 0 amide bonds. The maximum absolute atomic E-state index is 9.60. The summed E-state index contributed by atoms with van der Waals surface area (Å²) in [5, 5.41) is 24.4. The topological polar surface area (TPSA) is 104 Å². The summed E-state index contributed by atoms with van der Waals surface area (Å²) >= 11 is 0.611. The maximum atomic E-state index is 9.60. The summed E-state index contributed by atoms with van der Waals surface area (Å²) in [5.74, 6) is 0. The van der Waals surface area contributed by atoms with Gasteiger partial charge in [0.15, 0.2) is 0 Å². The normalized spacial score (nSPS) is 10.6. The van der Waals surface area contributed by atoms with Crippen LogP contribution < -0.4 is 0 Å². The summed E-state index contributed by atoms with van der Waals surface area (Å²) in [7, 11) is 0. The number of aliphatic hydroxyl groups excluding tert-OH is 2.